The van der Waals surface area contributed by atoms with Crippen molar-refractivity contribution in [2.45, 2.75) is 13.5 Å². The number of allylic oxidation sites excluding steroid dienone is 1. The number of ketones is 1. The number of ether oxygens (including phenoxy) is 4. The zero-order valence-corrected chi connectivity index (χ0v) is 22.9. The minimum Gasteiger partial charge on any atom is -0.497 e. The molecule has 7 heteroatoms. The molecule has 0 radical (unpaired) electrons. The third-order valence-corrected chi connectivity index (χ3v) is 6.49. The van der Waals surface area contributed by atoms with Gasteiger partial charge in [-0.3, -0.25) is 4.79 Å². The second-order valence-electron chi connectivity index (χ2n) is 9.18. The van der Waals surface area contributed by atoms with Crippen LogP contribution in [0.1, 0.15) is 37.6 Å². The summed E-state index contributed by atoms with van der Waals surface area (Å²) < 4.78 is 28.0. The molecule has 1 aromatic heterocycles. The summed E-state index contributed by atoms with van der Waals surface area (Å²) in [6, 6.07) is 26.9. The minimum absolute atomic E-state index is 0.215. The molecule has 0 atom stereocenters. The highest BCUT2D eigenvalue weighted by Crippen LogP contribution is 2.31. The van der Waals surface area contributed by atoms with Crippen LogP contribution >= 0.6 is 0 Å². The molecule has 5 aromatic rings. The summed E-state index contributed by atoms with van der Waals surface area (Å²) in [5, 5.41) is 0.600. The molecule has 0 amide bonds. The summed E-state index contributed by atoms with van der Waals surface area (Å²) in [5.41, 5.74) is 3.06. The van der Waals surface area contributed by atoms with Crippen molar-refractivity contribution in [3.05, 3.63) is 125 Å². The first kappa shape index (κ1) is 27.3. The van der Waals surface area contributed by atoms with E-state index in [0.29, 0.717) is 63.0 Å². The molecular formula is C34H28O7. The number of carbonyl (C=O) groups is 2. The van der Waals surface area contributed by atoms with Crippen molar-refractivity contribution in [1.29, 1.82) is 0 Å². The van der Waals surface area contributed by atoms with Crippen LogP contribution in [-0.2, 0) is 6.61 Å². The maximum absolute atomic E-state index is 13.2. The van der Waals surface area contributed by atoms with E-state index in [1.54, 1.807) is 87.9 Å². The lowest BCUT2D eigenvalue weighted by Crippen LogP contribution is -2.09. The van der Waals surface area contributed by atoms with Crippen LogP contribution in [-0.4, -0.2) is 26.0 Å². The van der Waals surface area contributed by atoms with Crippen LogP contribution in [0.4, 0.5) is 0 Å². The van der Waals surface area contributed by atoms with Crippen molar-refractivity contribution in [1.82, 2.24) is 0 Å². The molecule has 7 nitrogen and oxygen atoms in total. The van der Waals surface area contributed by atoms with Gasteiger partial charge in [-0.1, -0.05) is 30.3 Å². The Kier molecular flexibility index (Phi) is 8.15. The number of rotatable bonds is 10. The number of methoxy groups -OCH3 is 2. The van der Waals surface area contributed by atoms with Crippen LogP contribution < -0.4 is 18.9 Å². The number of furan rings is 1. The van der Waals surface area contributed by atoms with Crippen molar-refractivity contribution in [3.8, 4) is 23.0 Å². The Labute approximate surface area is 237 Å². The molecule has 4 aromatic carbocycles. The number of benzene rings is 4. The Balaban J connectivity index is 1.28. The molecule has 5 rings (SSSR count). The standard InChI is InChI=1S/C34H28O7/c1-22-33(29-20-28(15-18-32(29)40-22)39-21-23-7-5-4-6-8-23)34(36)41-26-12-9-24(10-13-26)30(35)16-11-25-19-27(37-2)14-17-31(25)38-3/h4-20H,21H2,1-3H3/b16-11+. The fourth-order valence-corrected chi connectivity index (χ4v) is 4.36. The third-order valence-electron chi connectivity index (χ3n) is 6.49. The molecule has 0 aliphatic heterocycles. The van der Waals surface area contributed by atoms with Gasteiger partial charge in [-0.05, 0) is 85.3 Å². The van der Waals surface area contributed by atoms with Gasteiger partial charge in [-0.25, -0.2) is 4.79 Å². The molecule has 0 aliphatic carbocycles. The smallest absolute Gasteiger partial charge is 0.347 e. The highest BCUT2D eigenvalue weighted by Gasteiger charge is 2.21. The maximum Gasteiger partial charge on any atom is 0.347 e. The number of aryl methyl sites for hydroxylation is 1. The van der Waals surface area contributed by atoms with Crippen LogP contribution in [0.3, 0.4) is 0 Å². The van der Waals surface area contributed by atoms with Gasteiger partial charge in [0.2, 0.25) is 0 Å². The second-order valence-corrected chi connectivity index (χ2v) is 9.18. The second kappa shape index (κ2) is 12.3. The predicted octanol–water partition coefficient (Wildman–Crippen LogP) is 7.45. The Morgan fingerprint density at radius 1 is 0.805 bits per heavy atom. The van der Waals surface area contributed by atoms with E-state index in [4.69, 9.17) is 23.4 Å². The Hall–Kier alpha value is -5.30. The van der Waals surface area contributed by atoms with Crippen LogP contribution in [0.5, 0.6) is 23.0 Å². The Morgan fingerprint density at radius 2 is 1.54 bits per heavy atom. The molecule has 41 heavy (non-hydrogen) atoms. The third kappa shape index (κ3) is 6.31. The van der Waals surface area contributed by atoms with Gasteiger partial charge in [0.15, 0.2) is 5.78 Å². The number of hydrogen-bond donors (Lipinski definition) is 0. The SMILES string of the molecule is COc1ccc(OC)c(/C=C/C(=O)c2ccc(OC(=O)c3c(C)oc4ccc(OCc5ccccc5)cc34)cc2)c1. The summed E-state index contributed by atoms with van der Waals surface area (Å²) >= 11 is 0. The normalized spacial score (nSPS) is 11.0. The summed E-state index contributed by atoms with van der Waals surface area (Å²) in [7, 11) is 3.14. The van der Waals surface area contributed by atoms with E-state index >= 15 is 0 Å². The summed E-state index contributed by atoms with van der Waals surface area (Å²) in [5.74, 6) is 1.84. The van der Waals surface area contributed by atoms with E-state index in [0.717, 1.165) is 5.56 Å². The first-order valence-corrected chi connectivity index (χ1v) is 12.9. The average molecular weight is 549 g/mol. The number of fused-ring (bicyclic) bond motifs is 1. The van der Waals surface area contributed by atoms with Gasteiger partial charge < -0.3 is 23.4 Å². The molecule has 0 saturated carbocycles. The zero-order valence-electron chi connectivity index (χ0n) is 22.9. The Bertz CT molecular complexity index is 1710. The van der Waals surface area contributed by atoms with E-state index in [-0.39, 0.29) is 5.78 Å². The first-order chi connectivity index (χ1) is 19.9. The predicted molar refractivity (Wildman–Crippen MR) is 156 cm³/mol. The molecule has 1 heterocycles. The lowest BCUT2D eigenvalue weighted by atomic mass is 10.1. The quantitative estimate of drug-likeness (QED) is 0.0775. The van der Waals surface area contributed by atoms with Gasteiger partial charge in [0.1, 0.15) is 46.5 Å². The van der Waals surface area contributed by atoms with Crippen LogP contribution in [0, 0.1) is 6.92 Å². The lowest BCUT2D eigenvalue weighted by molar-refractivity contribution is 0.0734. The van der Waals surface area contributed by atoms with Crippen molar-refractivity contribution in [3.63, 3.8) is 0 Å². The van der Waals surface area contributed by atoms with Gasteiger partial charge in [0.25, 0.3) is 0 Å². The summed E-state index contributed by atoms with van der Waals surface area (Å²) in [6.07, 6.45) is 3.12. The highest BCUT2D eigenvalue weighted by atomic mass is 16.5. The number of hydrogen-bond acceptors (Lipinski definition) is 7. The molecular weight excluding hydrogens is 520 g/mol. The Morgan fingerprint density at radius 3 is 2.27 bits per heavy atom. The summed E-state index contributed by atoms with van der Waals surface area (Å²) in [6.45, 7) is 2.11. The summed E-state index contributed by atoms with van der Waals surface area (Å²) in [4.78, 5) is 25.9. The minimum atomic E-state index is -0.564. The van der Waals surface area contributed by atoms with E-state index in [2.05, 4.69) is 0 Å². The van der Waals surface area contributed by atoms with Crippen LogP contribution in [0.25, 0.3) is 17.0 Å². The molecule has 0 fully saturated rings. The van der Waals surface area contributed by atoms with E-state index in [1.807, 2.05) is 30.3 Å². The lowest BCUT2D eigenvalue weighted by Gasteiger charge is -2.07. The molecule has 0 saturated heterocycles. The largest absolute Gasteiger partial charge is 0.497 e. The van der Waals surface area contributed by atoms with Crippen LogP contribution in [0.2, 0.25) is 0 Å². The van der Waals surface area contributed by atoms with Crippen molar-refractivity contribution in [2.75, 3.05) is 14.2 Å². The maximum atomic E-state index is 13.2. The molecule has 0 N–H and O–H groups in total. The topological polar surface area (TPSA) is 84.2 Å². The van der Waals surface area contributed by atoms with E-state index < -0.39 is 5.97 Å². The fraction of sp³-hybridized carbons (Fsp3) is 0.118. The van der Waals surface area contributed by atoms with Gasteiger partial charge in [-0.2, -0.15) is 0 Å². The van der Waals surface area contributed by atoms with Crippen molar-refractivity contribution < 1.29 is 33.0 Å². The monoisotopic (exact) mass is 548 g/mol. The molecule has 0 aliphatic rings. The van der Waals surface area contributed by atoms with Gasteiger partial charge in [0, 0.05) is 16.5 Å². The molecule has 0 spiro atoms. The van der Waals surface area contributed by atoms with Gasteiger partial charge in [-0.15, -0.1) is 0 Å². The van der Waals surface area contributed by atoms with Gasteiger partial charge in [0.05, 0.1) is 14.2 Å². The van der Waals surface area contributed by atoms with E-state index in [1.165, 1.54) is 6.08 Å². The zero-order chi connectivity index (χ0) is 28.8. The average Bonchev–Trinajstić information content (AvgIpc) is 3.34. The molecule has 0 unspecified atom stereocenters. The molecule has 206 valence electrons. The van der Waals surface area contributed by atoms with Crippen molar-refractivity contribution >= 4 is 28.8 Å². The fourth-order valence-electron chi connectivity index (χ4n) is 4.36. The van der Waals surface area contributed by atoms with Gasteiger partial charge >= 0.3 is 5.97 Å². The number of carbonyl (C=O) groups excluding carboxylic acids is 2. The molecule has 0 bridgehead atoms. The van der Waals surface area contributed by atoms with E-state index in [9.17, 15) is 9.59 Å². The van der Waals surface area contributed by atoms with Crippen LogP contribution in [0.15, 0.2) is 101 Å². The van der Waals surface area contributed by atoms with Crippen molar-refractivity contribution in [2.24, 2.45) is 0 Å². The first-order valence-electron chi connectivity index (χ1n) is 12.9. The number of esters is 1. The highest BCUT2D eigenvalue weighted by molar-refractivity contribution is 6.07.